The van der Waals surface area contributed by atoms with Crippen LogP contribution in [0.3, 0.4) is 0 Å². The molecule has 1 aliphatic carbocycles. The Balaban J connectivity index is 1.69. The molecule has 1 saturated carbocycles. The molecule has 1 N–H and O–H groups in total. The predicted molar refractivity (Wildman–Crippen MR) is 64.8 cm³/mol. The number of hydrogen-bond donors (Lipinski definition) is 1. The highest BCUT2D eigenvalue weighted by atomic mass is 32.2. The molecule has 0 unspecified atom stereocenters. The van der Waals surface area contributed by atoms with Crippen molar-refractivity contribution in [1.82, 2.24) is 0 Å². The van der Waals surface area contributed by atoms with Crippen LogP contribution in [-0.2, 0) is 11.2 Å². The van der Waals surface area contributed by atoms with Crippen LogP contribution in [0.15, 0.2) is 23.1 Å². The van der Waals surface area contributed by atoms with Crippen molar-refractivity contribution in [3.63, 3.8) is 0 Å². The van der Waals surface area contributed by atoms with Crippen LogP contribution in [-0.4, -0.2) is 29.2 Å². The topological polar surface area (TPSA) is 29.5 Å². The fourth-order valence-corrected chi connectivity index (χ4v) is 2.92. The van der Waals surface area contributed by atoms with Gasteiger partial charge in [0.05, 0.1) is 24.1 Å². The van der Waals surface area contributed by atoms with Crippen molar-refractivity contribution in [2.45, 2.75) is 35.0 Å². The minimum absolute atomic E-state index is 0.177. The normalized spacial score (nSPS) is 22.2. The monoisotopic (exact) mass is 254 g/mol. The smallest absolute Gasteiger partial charge is 0.137 e. The summed E-state index contributed by atoms with van der Waals surface area (Å²) >= 11 is 1.54. The summed E-state index contributed by atoms with van der Waals surface area (Å²) in [4.78, 5) is 0.685. The SMILES string of the molecule is OC1(Cc2ccc(SC3COC3)c(F)c2)CC1. The van der Waals surface area contributed by atoms with Crippen molar-refractivity contribution in [3.8, 4) is 0 Å². The van der Waals surface area contributed by atoms with E-state index in [1.807, 2.05) is 12.1 Å². The first-order chi connectivity index (χ1) is 8.15. The number of hydrogen-bond acceptors (Lipinski definition) is 3. The first kappa shape index (κ1) is 11.5. The second-order valence-electron chi connectivity index (χ2n) is 4.94. The molecule has 0 aromatic heterocycles. The van der Waals surface area contributed by atoms with Crippen LogP contribution in [0, 0.1) is 5.82 Å². The van der Waals surface area contributed by atoms with Crippen molar-refractivity contribution in [2.24, 2.45) is 0 Å². The van der Waals surface area contributed by atoms with Gasteiger partial charge in [0.15, 0.2) is 0 Å². The fourth-order valence-electron chi connectivity index (χ4n) is 1.91. The van der Waals surface area contributed by atoms with Crippen molar-refractivity contribution < 1.29 is 14.2 Å². The largest absolute Gasteiger partial charge is 0.390 e. The lowest BCUT2D eigenvalue weighted by Crippen LogP contribution is -2.30. The Morgan fingerprint density at radius 2 is 2.18 bits per heavy atom. The van der Waals surface area contributed by atoms with Crippen molar-refractivity contribution >= 4 is 11.8 Å². The summed E-state index contributed by atoms with van der Waals surface area (Å²) in [5.41, 5.74) is 0.333. The summed E-state index contributed by atoms with van der Waals surface area (Å²) in [7, 11) is 0. The minimum atomic E-state index is -0.553. The molecule has 0 radical (unpaired) electrons. The van der Waals surface area contributed by atoms with E-state index in [4.69, 9.17) is 4.74 Å². The number of halogens is 1. The number of benzene rings is 1. The van der Waals surface area contributed by atoms with E-state index in [9.17, 15) is 9.50 Å². The fraction of sp³-hybridized carbons (Fsp3) is 0.538. The highest BCUT2D eigenvalue weighted by Crippen LogP contribution is 2.39. The van der Waals surface area contributed by atoms with Gasteiger partial charge in [-0.2, -0.15) is 0 Å². The molecule has 1 heterocycles. The zero-order valence-corrected chi connectivity index (χ0v) is 10.3. The van der Waals surface area contributed by atoms with Gasteiger partial charge in [-0.05, 0) is 30.5 Å². The molecule has 1 saturated heterocycles. The molecule has 2 aliphatic rings. The molecular weight excluding hydrogens is 239 g/mol. The van der Waals surface area contributed by atoms with Gasteiger partial charge >= 0.3 is 0 Å². The van der Waals surface area contributed by atoms with Gasteiger partial charge in [0, 0.05) is 11.3 Å². The van der Waals surface area contributed by atoms with Crippen LogP contribution < -0.4 is 0 Å². The molecular formula is C13H15FO2S. The van der Waals surface area contributed by atoms with Crippen LogP contribution in [0.5, 0.6) is 0 Å². The zero-order valence-electron chi connectivity index (χ0n) is 9.49. The third kappa shape index (κ3) is 2.64. The third-order valence-electron chi connectivity index (χ3n) is 3.26. The van der Waals surface area contributed by atoms with E-state index in [0.29, 0.717) is 29.8 Å². The molecule has 1 aliphatic heterocycles. The lowest BCUT2D eigenvalue weighted by Gasteiger charge is -2.25. The van der Waals surface area contributed by atoms with Gasteiger partial charge in [0.2, 0.25) is 0 Å². The van der Waals surface area contributed by atoms with Gasteiger partial charge in [-0.15, -0.1) is 11.8 Å². The summed E-state index contributed by atoms with van der Waals surface area (Å²) in [5, 5.41) is 10.2. The summed E-state index contributed by atoms with van der Waals surface area (Å²) in [6.45, 7) is 1.43. The molecule has 0 atom stereocenters. The average molecular weight is 254 g/mol. The second kappa shape index (κ2) is 4.26. The number of ether oxygens (including phenoxy) is 1. The van der Waals surface area contributed by atoms with Crippen LogP contribution >= 0.6 is 11.8 Å². The maximum absolute atomic E-state index is 13.8. The lowest BCUT2D eigenvalue weighted by atomic mass is 10.1. The molecule has 0 amide bonds. The Morgan fingerprint density at radius 1 is 1.41 bits per heavy atom. The summed E-state index contributed by atoms with van der Waals surface area (Å²) in [5.74, 6) is -0.177. The molecule has 1 aromatic carbocycles. The first-order valence-corrected chi connectivity index (χ1v) is 6.78. The zero-order chi connectivity index (χ0) is 11.9. The highest BCUT2D eigenvalue weighted by molar-refractivity contribution is 8.00. The Morgan fingerprint density at radius 3 is 2.71 bits per heavy atom. The number of aliphatic hydroxyl groups is 1. The quantitative estimate of drug-likeness (QED) is 0.894. The van der Waals surface area contributed by atoms with Crippen LogP contribution in [0.1, 0.15) is 18.4 Å². The molecule has 92 valence electrons. The van der Waals surface area contributed by atoms with Gasteiger partial charge in [0.1, 0.15) is 5.82 Å². The third-order valence-corrected chi connectivity index (χ3v) is 4.45. The lowest BCUT2D eigenvalue weighted by molar-refractivity contribution is 0.0455. The van der Waals surface area contributed by atoms with Crippen LogP contribution in [0.4, 0.5) is 4.39 Å². The van der Waals surface area contributed by atoms with E-state index in [0.717, 1.165) is 18.4 Å². The Kier molecular flexibility index (Phi) is 2.89. The molecule has 0 bridgehead atoms. The molecule has 0 spiro atoms. The van der Waals surface area contributed by atoms with Gasteiger partial charge < -0.3 is 9.84 Å². The standard InChI is InChI=1S/C13H15FO2S/c14-11-5-9(6-13(15)3-4-13)1-2-12(11)17-10-7-16-8-10/h1-2,5,10,15H,3-4,6-8H2. The summed E-state index contributed by atoms with van der Waals surface area (Å²) in [6, 6.07) is 5.29. The van der Waals surface area contributed by atoms with E-state index in [2.05, 4.69) is 0 Å². The van der Waals surface area contributed by atoms with E-state index in [1.165, 1.54) is 11.8 Å². The van der Waals surface area contributed by atoms with Gasteiger partial charge in [-0.1, -0.05) is 6.07 Å². The molecule has 17 heavy (non-hydrogen) atoms. The van der Waals surface area contributed by atoms with Crippen LogP contribution in [0.2, 0.25) is 0 Å². The molecule has 3 rings (SSSR count). The van der Waals surface area contributed by atoms with Gasteiger partial charge in [-0.25, -0.2) is 4.39 Å². The molecule has 2 fully saturated rings. The number of rotatable bonds is 4. The average Bonchev–Trinajstić information content (AvgIpc) is 2.92. The second-order valence-corrected chi connectivity index (χ2v) is 6.29. The Bertz CT molecular complexity index is 427. The van der Waals surface area contributed by atoms with Crippen LogP contribution in [0.25, 0.3) is 0 Å². The molecule has 1 aromatic rings. The highest BCUT2D eigenvalue weighted by Gasteiger charge is 2.40. The number of thioether (sulfide) groups is 1. The minimum Gasteiger partial charge on any atom is -0.390 e. The van der Waals surface area contributed by atoms with Gasteiger partial charge in [0.25, 0.3) is 0 Å². The van der Waals surface area contributed by atoms with Crippen molar-refractivity contribution in [1.29, 1.82) is 0 Å². The maximum Gasteiger partial charge on any atom is 0.137 e. The van der Waals surface area contributed by atoms with E-state index < -0.39 is 5.60 Å². The Hall–Kier alpha value is -0.580. The van der Waals surface area contributed by atoms with Crippen molar-refractivity contribution in [2.75, 3.05) is 13.2 Å². The maximum atomic E-state index is 13.8. The predicted octanol–water partition coefficient (Wildman–Crippen LogP) is 2.38. The summed E-state index contributed by atoms with van der Waals surface area (Å²) in [6.07, 6.45) is 2.25. The van der Waals surface area contributed by atoms with E-state index >= 15 is 0 Å². The first-order valence-electron chi connectivity index (χ1n) is 5.90. The van der Waals surface area contributed by atoms with E-state index in [1.54, 1.807) is 6.07 Å². The molecule has 4 heteroatoms. The Labute approximate surface area is 104 Å². The molecule has 2 nitrogen and oxygen atoms in total. The van der Waals surface area contributed by atoms with Gasteiger partial charge in [-0.3, -0.25) is 0 Å². The van der Waals surface area contributed by atoms with E-state index in [-0.39, 0.29) is 5.82 Å². The summed E-state index contributed by atoms with van der Waals surface area (Å²) < 4.78 is 18.9. The van der Waals surface area contributed by atoms with Crippen molar-refractivity contribution in [3.05, 3.63) is 29.6 Å².